The van der Waals surface area contributed by atoms with Crippen LogP contribution in [0.5, 0.6) is 0 Å². The third kappa shape index (κ3) is 8.91. The van der Waals surface area contributed by atoms with Crippen LogP contribution in [0.3, 0.4) is 0 Å². The van der Waals surface area contributed by atoms with Crippen LogP contribution in [0.2, 0.25) is 0 Å². The molecule has 0 unspecified atom stereocenters. The molecule has 0 saturated carbocycles. The zero-order valence-corrected chi connectivity index (χ0v) is 22.0. The van der Waals surface area contributed by atoms with Crippen LogP contribution in [0, 0.1) is 6.92 Å². The molecule has 3 rings (SSSR count). The average molecular weight is 489 g/mol. The molecule has 35 heavy (non-hydrogen) atoms. The molecule has 0 aliphatic heterocycles. The van der Waals surface area contributed by atoms with E-state index in [0.29, 0.717) is 25.1 Å². The van der Waals surface area contributed by atoms with Gasteiger partial charge >= 0.3 is 0 Å². The summed E-state index contributed by atoms with van der Waals surface area (Å²) >= 11 is 1.66. The van der Waals surface area contributed by atoms with Gasteiger partial charge in [-0.1, -0.05) is 78.4 Å². The number of hydrogen-bond acceptors (Lipinski definition) is 3. The van der Waals surface area contributed by atoms with E-state index >= 15 is 0 Å². The van der Waals surface area contributed by atoms with Crippen LogP contribution in [-0.2, 0) is 22.6 Å². The number of carbonyl (C=O) groups excluding carboxylic acids is 2. The summed E-state index contributed by atoms with van der Waals surface area (Å²) in [5.41, 5.74) is 2.81. The van der Waals surface area contributed by atoms with Gasteiger partial charge in [-0.3, -0.25) is 9.59 Å². The monoisotopic (exact) mass is 488 g/mol. The Morgan fingerprint density at radius 2 is 1.46 bits per heavy atom. The van der Waals surface area contributed by atoms with Crippen molar-refractivity contribution < 1.29 is 9.59 Å². The van der Waals surface area contributed by atoms with Gasteiger partial charge in [-0.2, -0.15) is 0 Å². The zero-order chi connectivity index (χ0) is 25.3. The summed E-state index contributed by atoms with van der Waals surface area (Å²) in [6.07, 6.45) is 0.825. The van der Waals surface area contributed by atoms with Crippen molar-refractivity contribution in [3.8, 4) is 0 Å². The van der Waals surface area contributed by atoms with E-state index < -0.39 is 11.6 Å². The minimum Gasteiger partial charge on any atom is -0.350 e. The summed E-state index contributed by atoms with van der Waals surface area (Å²) in [6.45, 7) is 8.33. The summed E-state index contributed by atoms with van der Waals surface area (Å²) < 4.78 is 0. The molecule has 0 radical (unpaired) electrons. The van der Waals surface area contributed by atoms with E-state index in [4.69, 9.17) is 0 Å². The molecule has 5 heteroatoms. The summed E-state index contributed by atoms with van der Waals surface area (Å²) in [7, 11) is 0. The largest absolute Gasteiger partial charge is 0.350 e. The molecule has 184 valence electrons. The molecule has 3 aromatic rings. The van der Waals surface area contributed by atoms with Gasteiger partial charge in [-0.25, -0.2) is 0 Å². The molecular formula is C30H36N2O2S. The Morgan fingerprint density at radius 3 is 2.06 bits per heavy atom. The van der Waals surface area contributed by atoms with Gasteiger partial charge in [-0.05, 0) is 51.0 Å². The van der Waals surface area contributed by atoms with Crippen molar-refractivity contribution in [2.24, 2.45) is 0 Å². The van der Waals surface area contributed by atoms with Gasteiger partial charge in [0.2, 0.25) is 11.8 Å². The Labute approximate surface area is 214 Å². The van der Waals surface area contributed by atoms with Crippen LogP contribution in [-0.4, -0.2) is 34.0 Å². The van der Waals surface area contributed by atoms with Gasteiger partial charge < -0.3 is 10.2 Å². The van der Waals surface area contributed by atoms with Crippen molar-refractivity contribution >= 4 is 23.6 Å². The maximum atomic E-state index is 13.6. The summed E-state index contributed by atoms with van der Waals surface area (Å²) in [5.74, 6) is 0.517. The fourth-order valence-corrected chi connectivity index (χ4v) is 4.68. The molecule has 1 N–H and O–H groups in total. The minimum atomic E-state index is -0.604. The maximum Gasteiger partial charge on any atom is 0.243 e. The SMILES string of the molecule is Cc1ccc(CN(C(=O)CCSc2ccccc2)[C@@H](Cc2ccccc2)C(=O)NC(C)(C)C)cc1. The first-order valence-corrected chi connectivity index (χ1v) is 13.1. The first kappa shape index (κ1) is 26.6. The number of thioether (sulfide) groups is 1. The number of nitrogens with one attached hydrogen (secondary N) is 1. The molecule has 3 aromatic carbocycles. The van der Waals surface area contributed by atoms with E-state index in [2.05, 4.69) is 5.32 Å². The highest BCUT2D eigenvalue weighted by atomic mass is 32.2. The number of aryl methyl sites for hydroxylation is 1. The van der Waals surface area contributed by atoms with Gasteiger partial charge in [0, 0.05) is 35.6 Å². The second-order valence-corrected chi connectivity index (χ2v) is 11.0. The topological polar surface area (TPSA) is 49.4 Å². The Bertz CT molecular complexity index is 1080. The lowest BCUT2D eigenvalue weighted by molar-refractivity contribution is -0.141. The molecule has 0 saturated heterocycles. The number of rotatable bonds is 10. The average Bonchev–Trinajstić information content (AvgIpc) is 2.82. The molecule has 0 aliphatic carbocycles. The highest BCUT2D eigenvalue weighted by Crippen LogP contribution is 2.21. The lowest BCUT2D eigenvalue weighted by atomic mass is 10.0. The molecule has 0 aliphatic rings. The minimum absolute atomic E-state index is 0.0148. The molecular weight excluding hydrogens is 452 g/mol. The van der Waals surface area contributed by atoms with Crippen LogP contribution in [0.25, 0.3) is 0 Å². The maximum absolute atomic E-state index is 13.6. The van der Waals surface area contributed by atoms with Crippen LogP contribution >= 0.6 is 11.8 Å². The standard InChI is InChI=1S/C30H36N2O2S/c1-23-15-17-25(18-16-23)22-32(28(33)19-20-35-26-13-9-6-10-14-26)27(29(34)31-30(2,3)4)21-24-11-7-5-8-12-24/h5-18,27H,19-22H2,1-4H3,(H,31,34)/t27-/m0/s1. The van der Waals surface area contributed by atoms with Gasteiger partial charge in [0.25, 0.3) is 0 Å². The normalized spacial score (nSPS) is 12.1. The summed E-state index contributed by atoms with van der Waals surface area (Å²) in [6, 6.07) is 27.6. The fourth-order valence-electron chi connectivity index (χ4n) is 3.81. The van der Waals surface area contributed by atoms with Gasteiger partial charge in [0.15, 0.2) is 0 Å². The smallest absolute Gasteiger partial charge is 0.243 e. The number of carbonyl (C=O) groups is 2. The van der Waals surface area contributed by atoms with Gasteiger partial charge in [0.1, 0.15) is 6.04 Å². The van der Waals surface area contributed by atoms with Gasteiger partial charge in [0.05, 0.1) is 0 Å². The predicted molar refractivity (Wildman–Crippen MR) is 145 cm³/mol. The van der Waals surface area contributed by atoms with E-state index in [1.165, 1.54) is 0 Å². The van der Waals surface area contributed by atoms with Crippen LogP contribution in [0.4, 0.5) is 0 Å². The van der Waals surface area contributed by atoms with Crippen LogP contribution in [0.1, 0.15) is 43.9 Å². The van der Waals surface area contributed by atoms with Crippen molar-refractivity contribution in [3.05, 3.63) is 102 Å². The molecule has 0 spiro atoms. The molecule has 1 atom stereocenters. The molecule has 4 nitrogen and oxygen atoms in total. The van der Waals surface area contributed by atoms with Crippen LogP contribution in [0.15, 0.2) is 89.8 Å². The second-order valence-electron chi connectivity index (χ2n) is 9.86. The zero-order valence-electron chi connectivity index (χ0n) is 21.2. The van der Waals surface area contributed by atoms with E-state index in [0.717, 1.165) is 21.6 Å². The Hall–Kier alpha value is -3.05. The second kappa shape index (κ2) is 12.6. The Kier molecular flexibility index (Phi) is 9.55. The lowest BCUT2D eigenvalue weighted by Crippen LogP contribution is -2.54. The summed E-state index contributed by atoms with van der Waals surface area (Å²) in [5, 5.41) is 3.11. The quantitative estimate of drug-likeness (QED) is 0.354. The van der Waals surface area contributed by atoms with Crippen molar-refractivity contribution in [2.45, 2.75) is 63.6 Å². The van der Waals surface area contributed by atoms with Crippen molar-refractivity contribution in [1.82, 2.24) is 10.2 Å². The fraction of sp³-hybridized carbons (Fsp3) is 0.333. The Morgan fingerprint density at radius 1 is 0.857 bits per heavy atom. The number of benzene rings is 3. The Balaban J connectivity index is 1.86. The van der Waals surface area contributed by atoms with E-state index in [1.54, 1.807) is 16.7 Å². The number of amides is 2. The summed E-state index contributed by atoms with van der Waals surface area (Å²) in [4.78, 5) is 30.1. The number of hydrogen-bond donors (Lipinski definition) is 1. The third-order valence-corrected chi connectivity index (χ3v) is 6.58. The lowest BCUT2D eigenvalue weighted by Gasteiger charge is -2.34. The van der Waals surface area contributed by atoms with Gasteiger partial charge in [-0.15, -0.1) is 11.8 Å². The van der Waals surface area contributed by atoms with Crippen LogP contribution < -0.4 is 5.32 Å². The molecule has 0 bridgehead atoms. The molecule has 0 fully saturated rings. The number of nitrogens with zero attached hydrogens (tertiary/aromatic N) is 1. The first-order valence-electron chi connectivity index (χ1n) is 12.1. The molecule has 2 amide bonds. The van der Waals surface area contributed by atoms with E-state index in [1.807, 2.05) is 113 Å². The predicted octanol–water partition coefficient (Wildman–Crippen LogP) is 6.03. The first-order chi connectivity index (χ1) is 16.7. The third-order valence-electron chi connectivity index (χ3n) is 5.57. The highest BCUT2D eigenvalue weighted by Gasteiger charge is 2.32. The van der Waals surface area contributed by atoms with Crippen molar-refractivity contribution in [1.29, 1.82) is 0 Å². The van der Waals surface area contributed by atoms with Crippen molar-refractivity contribution in [3.63, 3.8) is 0 Å². The molecule has 0 heterocycles. The highest BCUT2D eigenvalue weighted by molar-refractivity contribution is 7.99. The van der Waals surface area contributed by atoms with E-state index in [9.17, 15) is 9.59 Å². The molecule has 0 aromatic heterocycles. The van der Waals surface area contributed by atoms with Crippen molar-refractivity contribution in [2.75, 3.05) is 5.75 Å². The van der Waals surface area contributed by atoms with E-state index in [-0.39, 0.29) is 11.8 Å².